The average Bonchev–Trinajstić information content (AvgIpc) is 2.83. The number of morpholine rings is 1. The number of carbonyl (C=O) groups excluding carboxylic acids is 1. The van der Waals surface area contributed by atoms with Gasteiger partial charge in [0.1, 0.15) is 11.7 Å². The van der Waals surface area contributed by atoms with Crippen molar-refractivity contribution >= 4 is 29.2 Å². The molecule has 0 bridgehead atoms. The fraction of sp³-hybridized carbons (Fsp3) is 0.538. The number of nitrogens with zero attached hydrogens (tertiary/aromatic N) is 4. The van der Waals surface area contributed by atoms with E-state index in [1.54, 1.807) is 32.6 Å². The van der Waals surface area contributed by atoms with Gasteiger partial charge in [0.15, 0.2) is 29.1 Å². The molecule has 206 valence electrons. The molecular weight excluding hydrogens is 496 g/mol. The predicted octanol–water partition coefficient (Wildman–Crippen LogP) is 4.56. The summed E-state index contributed by atoms with van der Waals surface area (Å²) in [6.45, 7) is 12.9. The van der Waals surface area contributed by atoms with E-state index in [9.17, 15) is 18.8 Å². The minimum absolute atomic E-state index is 0.0342. The molecule has 1 aliphatic heterocycles. The first-order valence-electron chi connectivity index (χ1n) is 12.5. The van der Waals surface area contributed by atoms with Crippen LogP contribution in [0.5, 0.6) is 0 Å². The number of amides is 1. The summed E-state index contributed by atoms with van der Waals surface area (Å²) >= 11 is 0. The fourth-order valence-corrected chi connectivity index (χ4v) is 4.02. The summed E-state index contributed by atoms with van der Waals surface area (Å²) in [5.74, 6) is -1.21. The highest BCUT2D eigenvalue weighted by Crippen LogP contribution is 2.27. The number of aromatic nitrogens is 2. The zero-order chi connectivity index (χ0) is 28.0. The van der Waals surface area contributed by atoms with Gasteiger partial charge in [-0.1, -0.05) is 13.8 Å². The molecule has 1 aliphatic rings. The largest absolute Gasteiger partial charge is 0.444 e. The van der Waals surface area contributed by atoms with Crippen LogP contribution in [0.15, 0.2) is 18.3 Å². The highest BCUT2D eigenvalue weighted by Gasteiger charge is 2.27. The molecule has 0 spiro atoms. The lowest BCUT2D eigenvalue weighted by atomic mass is 9.97. The van der Waals surface area contributed by atoms with Crippen molar-refractivity contribution in [2.45, 2.75) is 59.2 Å². The number of ether oxygens (including phenoxy) is 2. The second kappa shape index (κ2) is 12.2. The summed E-state index contributed by atoms with van der Waals surface area (Å²) in [6, 6.07) is 3.32. The molecule has 0 saturated carbocycles. The number of halogens is 2. The normalized spacial score (nSPS) is 15.4. The Morgan fingerprint density at radius 2 is 1.84 bits per heavy atom. The molecule has 12 heteroatoms. The van der Waals surface area contributed by atoms with Gasteiger partial charge in [0.2, 0.25) is 0 Å². The molecule has 3 N–H and O–H groups in total. The molecule has 0 radical (unpaired) electrons. The van der Waals surface area contributed by atoms with Crippen LogP contribution in [0.3, 0.4) is 0 Å². The van der Waals surface area contributed by atoms with Crippen LogP contribution in [-0.2, 0) is 9.47 Å². The molecule has 38 heavy (non-hydrogen) atoms. The lowest BCUT2D eigenvalue weighted by molar-refractivity contribution is 0.0499. The van der Waals surface area contributed by atoms with Crippen LogP contribution in [0.1, 0.15) is 47.1 Å². The summed E-state index contributed by atoms with van der Waals surface area (Å²) in [4.78, 5) is 22.6. The lowest BCUT2D eigenvalue weighted by Gasteiger charge is -2.31. The highest BCUT2D eigenvalue weighted by molar-refractivity contribution is 5.68. The van der Waals surface area contributed by atoms with Gasteiger partial charge in [-0.15, -0.1) is 0 Å². The summed E-state index contributed by atoms with van der Waals surface area (Å²) in [5, 5.41) is 18.2. The van der Waals surface area contributed by atoms with E-state index in [1.165, 1.54) is 12.3 Å². The fourth-order valence-electron chi connectivity index (χ4n) is 4.02. The van der Waals surface area contributed by atoms with Crippen LogP contribution in [0.25, 0.3) is 0 Å². The number of rotatable bonds is 8. The van der Waals surface area contributed by atoms with E-state index in [0.717, 1.165) is 6.07 Å². The Morgan fingerprint density at radius 3 is 2.42 bits per heavy atom. The third kappa shape index (κ3) is 7.64. The SMILES string of the molecule is CC(C)[C@@H](Nc1nc(Nc2cnc(N3CCOCC3)c(F)c2)c(C#N)cc1F)[C@H](C)NC(=O)OC(C)(C)C. The summed E-state index contributed by atoms with van der Waals surface area (Å²) in [6.07, 6.45) is 0.833. The Morgan fingerprint density at radius 1 is 1.16 bits per heavy atom. The van der Waals surface area contributed by atoms with Gasteiger partial charge in [-0.25, -0.2) is 23.5 Å². The van der Waals surface area contributed by atoms with Crippen LogP contribution in [0.4, 0.5) is 36.7 Å². The molecule has 1 fully saturated rings. The van der Waals surface area contributed by atoms with Crippen LogP contribution in [0.2, 0.25) is 0 Å². The first-order valence-corrected chi connectivity index (χ1v) is 12.5. The number of anilines is 4. The van der Waals surface area contributed by atoms with E-state index in [4.69, 9.17) is 9.47 Å². The van der Waals surface area contributed by atoms with E-state index < -0.39 is 35.4 Å². The summed E-state index contributed by atoms with van der Waals surface area (Å²) in [7, 11) is 0. The lowest BCUT2D eigenvalue weighted by Crippen LogP contribution is -2.49. The number of pyridine rings is 2. The molecule has 0 aliphatic carbocycles. The van der Waals surface area contributed by atoms with Gasteiger partial charge in [-0.2, -0.15) is 5.26 Å². The first-order chi connectivity index (χ1) is 17.9. The number of alkyl carbamates (subject to hydrolysis) is 1. The number of hydrogen-bond acceptors (Lipinski definition) is 9. The van der Waals surface area contributed by atoms with Crippen molar-refractivity contribution in [2.24, 2.45) is 5.92 Å². The third-order valence-corrected chi connectivity index (χ3v) is 5.80. The number of carbonyl (C=O) groups is 1. The smallest absolute Gasteiger partial charge is 0.407 e. The zero-order valence-electron chi connectivity index (χ0n) is 22.6. The topological polar surface area (TPSA) is 124 Å². The Kier molecular flexibility index (Phi) is 9.27. The van der Waals surface area contributed by atoms with Gasteiger partial charge in [0, 0.05) is 31.2 Å². The van der Waals surface area contributed by atoms with Gasteiger partial charge in [0.05, 0.1) is 30.7 Å². The maximum absolute atomic E-state index is 14.9. The molecule has 10 nitrogen and oxygen atoms in total. The van der Waals surface area contributed by atoms with Crippen molar-refractivity contribution in [2.75, 3.05) is 41.8 Å². The molecule has 0 aromatic carbocycles. The molecule has 2 atom stereocenters. The summed E-state index contributed by atoms with van der Waals surface area (Å²) in [5.41, 5.74) is -0.478. The van der Waals surface area contributed by atoms with Crippen molar-refractivity contribution in [1.82, 2.24) is 15.3 Å². The third-order valence-electron chi connectivity index (χ3n) is 5.80. The molecular formula is C26H35F2N7O3. The maximum Gasteiger partial charge on any atom is 0.407 e. The van der Waals surface area contributed by atoms with E-state index >= 15 is 0 Å². The van der Waals surface area contributed by atoms with Crippen molar-refractivity contribution in [3.05, 3.63) is 35.5 Å². The van der Waals surface area contributed by atoms with Gasteiger partial charge in [-0.3, -0.25) is 0 Å². The zero-order valence-corrected chi connectivity index (χ0v) is 22.6. The first kappa shape index (κ1) is 28.8. The van der Waals surface area contributed by atoms with E-state index in [0.29, 0.717) is 26.3 Å². The van der Waals surface area contributed by atoms with Crippen LogP contribution < -0.4 is 20.9 Å². The molecule has 1 amide bonds. The molecule has 2 aromatic rings. The Balaban J connectivity index is 1.81. The minimum Gasteiger partial charge on any atom is -0.444 e. The molecule has 3 rings (SSSR count). The van der Waals surface area contributed by atoms with E-state index in [-0.39, 0.29) is 34.6 Å². The second-order valence-corrected chi connectivity index (χ2v) is 10.4. The van der Waals surface area contributed by atoms with Gasteiger partial charge in [0.25, 0.3) is 0 Å². The van der Waals surface area contributed by atoms with Gasteiger partial charge in [-0.05, 0) is 39.7 Å². The molecule has 0 unspecified atom stereocenters. The van der Waals surface area contributed by atoms with Crippen molar-refractivity contribution in [3.63, 3.8) is 0 Å². The van der Waals surface area contributed by atoms with E-state index in [2.05, 4.69) is 25.9 Å². The number of hydrogen-bond donors (Lipinski definition) is 3. The second-order valence-electron chi connectivity index (χ2n) is 10.4. The van der Waals surface area contributed by atoms with Gasteiger partial charge < -0.3 is 30.3 Å². The Labute approximate surface area is 221 Å². The Hall–Kier alpha value is -3.72. The van der Waals surface area contributed by atoms with Crippen molar-refractivity contribution < 1.29 is 23.0 Å². The van der Waals surface area contributed by atoms with Crippen molar-refractivity contribution in [1.29, 1.82) is 5.26 Å². The van der Waals surface area contributed by atoms with Crippen LogP contribution in [0, 0.1) is 28.9 Å². The molecule has 1 saturated heterocycles. The Bertz CT molecular complexity index is 1170. The minimum atomic E-state index is -0.741. The van der Waals surface area contributed by atoms with Crippen molar-refractivity contribution in [3.8, 4) is 6.07 Å². The quantitative estimate of drug-likeness (QED) is 0.450. The molecule has 3 heterocycles. The number of nitriles is 1. The highest BCUT2D eigenvalue weighted by atomic mass is 19.1. The molecule has 2 aromatic heterocycles. The number of nitrogens with one attached hydrogen (secondary N) is 3. The maximum atomic E-state index is 14.9. The predicted molar refractivity (Wildman–Crippen MR) is 141 cm³/mol. The van der Waals surface area contributed by atoms with E-state index in [1.807, 2.05) is 19.9 Å². The summed E-state index contributed by atoms with van der Waals surface area (Å²) < 4.78 is 40.4. The van der Waals surface area contributed by atoms with Crippen LogP contribution in [-0.4, -0.2) is 60.0 Å². The van der Waals surface area contributed by atoms with Gasteiger partial charge >= 0.3 is 6.09 Å². The standard InChI is InChI=1S/C26H35F2N7O3/c1-15(2)21(16(3)31-25(36)38-26(4,5)6)33-23-19(27)11-17(13-29)22(34-23)32-18-12-20(28)24(30-14-18)35-7-9-37-10-8-35/h11-12,14-16,21H,7-10H2,1-6H3,(H,31,36)(H2,32,33,34)/t16-,21+/m0/s1. The average molecular weight is 532 g/mol. The monoisotopic (exact) mass is 531 g/mol. The van der Waals surface area contributed by atoms with Crippen LogP contribution >= 0.6 is 0 Å².